The van der Waals surface area contributed by atoms with Crippen LogP contribution in [-0.2, 0) is 15.7 Å². The number of hydrogen-bond donors (Lipinski definition) is 1. The molecule has 1 aliphatic rings. The lowest BCUT2D eigenvalue weighted by atomic mass is 10.2. The van der Waals surface area contributed by atoms with Gasteiger partial charge in [-0.25, -0.2) is 0 Å². The van der Waals surface area contributed by atoms with Gasteiger partial charge in [0, 0.05) is 0 Å². The summed E-state index contributed by atoms with van der Waals surface area (Å²) in [5, 5.41) is 0. The normalized spacial score (nSPS) is 16.7. The van der Waals surface area contributed by atoms with E-state index in [-0.39, 0.29) is 12.4 Å². The lowest BCUT2D eigenvalue weighted by molar-refractivity contribution is -0.908. The Labute approximate surface area is 127 Å². The van der Waals surface area contributed by atoms with E-state index in [4.69, 9.17) is 14.2 Å². The Kier molecular flexibility index (Phi) is 6.48. The van der Waals surface area contributed by atoms with Gasteiger partial charge in [-0.15, -0.1) is 0 Å². The zero-order chi connectivity index (χ0) is 15.8. The molecule has 22 heavy (non-hydrogen) atoms. The Balaban J connectivity index is 1.60. The number of halogens is 3. The highest BCUT2D eigenvalue weighted by Crippen LogP contribution is 2.31. The molecule has 0 amide bonds. The summed E-state index contributed by atoms with van der Waals surface area (Å²) in [6.45, 7) is 5.67. The maximum Gasteiger partial charge on any atom is 0.416 e. The minimum absolute atomic E-state index is 0.206. The quantitative estimate of drug-likeness (QED) is 0.761. The SMILES string of the molecule is FC(F)(F)c1cccc(OCCOCC[NH+]2CCOCC2)c1. The van der Waals surface area contributed by atoms with E-state index in [9.17, 15) is 13.2 Å². The van der Waals surface area contributed by atoms with Crippen molar-refractivity contribution in [2.75, 3.05) is 52.7 Å². The van der Waals surface area contributed by atoms with Gasteiger partial charge in [0.05, 0.1) is 32.0 Å². The van der Waals surface area contributed by atoms with Crippen molar-refractivity contribution in [1.29, 1.82) is 0 Å². The van der Waals surface area contributed by atoms with Gasteiger partial charge < -0.3 is 19.1 Å². The van der Waals surface area contributed by atoms with Crippen LogP contribution in [0.4, 0.5) is 13.2 Å². The molecular weight excluding hydrogens is 299 g/mol. The van der Waals surface area contributed by atoms with Crippen molar-refractivity contribution < 1.29 is 32.3 Å². The van der Waals surface area contributed by atoms with Gasteiger partial charge in [-0.2, -0.15) is 13.2 Å². The molecule has 124 valence electrons. The molecule has 1 aromatic carbocycles. The van der Waals surface area contributed by atoms with Gasteiger partial charge in [0.15, 0.2) is 0 Å². The number of quaternary nitrogens is 1. The van der Waals surface area contributed by atoms with Crippen molar-refractivity contribution >= 4 is 0 Å². The molecule has 0 saturated carbocycles. The molecule has 0 radical (unpaired) electrons. The smallest absolute Gasteiger partial charge is 0.416 e. The zero-order valence-electron chi connectivity index (χ0n) is 12.3. The van der Waals surface area contributed by atoms with E-state index in [0.29, 0.717) is 13.2 Å². The fourth-order valence-corrected chi connectivity index (χ4v) is 2.21. The number of ether oxygens (including phenoxy) is 3. The molecule has 1 N–H and O–H groups in total. The van der Waals surface area contributed by atoms with Crippen LogP contribution in [0.15, 0.2) is 24.3 Å². The van der Waals surface area contributed by atoms with Crippen LogP contribution in [0.2, 0.25) is 0 Å². The lowest BCUT2D eigenvalue weighted by Gasteiger charge is -2.23. The summed E-state index contributed by atoms with van der Waals surface area (Å²) < 4.78 is 53.6. The fourth-order valence-electron chi connectivity index (χ4n) is 2.21. The first kappa shape index (κ1) is 17.1. The predicted molar refractivity (Wildman–Crippen MR) is 74.1 cm³/mol. The number of benzene rings is 1. The predicted octanol–water partition coefficient (Wildman–Crippen LogP) is 1.02. The van der Waals surface area contributed by atoms with Crippen LogP contribution in [0, 0.1) is 0 Å². The second-order valence-corrected chi connectivity index (χ2v) is 5.10. The van der Waals surface area contributed by atoms with Crippen molar-refractivity contribution in [3.63, 3.8) is 0 Å². The Hall–Kier alpha value is -1.31. The summed E-state index contributed by atoms with van der Waals surface area (Å²) in [7, 11) is 0. The van der Waals surface area contributed by atoms with Gasteiger partial charge in [-0.05, 0) is 18.2 Å². The van der Waals surface area contributed by atoms with E-state index in [2.05, 4.69) is 0 Å². The molecule has 0 aliphatic carbocycles. The Morgan fingerprint density at radius 1 is 1.09 bits per heavy atom. The minimum atomic E-state index is -4.35. The molecule has 0 unspecified atom stereocenters. The lowest BCUT2D eigenvalue weighted by Crippen LogP contribution is -3.14. The number of nitrogens with one attached hydrogen (secondary N) is 1. The minimum Gasteiger partial charge on any atom is -0.491 e. The van der Waals surface area contributed by atoms with E-state index >= 15 is 0 Å². The second-order valence-electron chi connectivity index (χ2n) is 5.10. The molecule has 7 heteroatoms. The van der Waals surface area contributed by atoms with Gasteiger partial charge in [0.2, 0.25) is 0 Å². The molecule has 0 atom stereocenters. The van der Waals surface area contributed by atoms with E-state index in [0.717, 1.165) is 45.0 Å². The molecule has 1 fully saturated rings. The highest BCUT2D eigenvalue weighted by atomic mass is 19.4. The topological polar surface area (TPSA) is 32.1 Å². The molecule has 0 aromatic heterocycles. The zero-order valence-corrected chi connectivity index (χ0v) is 12.3. The van der Waals surface area contributed by atoms with Crippen molar-refractivity contribution in [3.8, 4) is 5.75 Å². The number of rotatable bonds is 7. The van der Waals surface area contributed by atoms with Gasteiger partial charge >= 0.3 is 6.18 Å². The number of morpholine rings is 1. The van der Waals surface area contributed by atoms with Gasteiger partial charge in [-0.1, -0.05) is 6.07 Å². The maximum absolute atomic E-state index is 12.5. The van der Waals surface area contributed by atoms with Crippen LogP contribution in [0.25, 0.3) is 0 Å². The van der Waals surface area contributed by atoms with Crippen LogP contribution >= 0.6 is 0 Å². The average Bonchev–Trinajstić information content (AvgIpc) is 2.51. The van der Waals surface area contributed by atoms with Crippen LogP contribution in [0.3, 0.4) is 0 Å². The summed E-state index contributed by atoms with van der Waals surface area (Å²) in [4.78, 5) is 1.45. The Bertz CT molecular complexity index is 448. The molecular formula is C15H21F3NO3+. The second kappa shape index (κ2) is 8.36. The first-order valence-electron chi connectivity index (χ1n) is 7.35. The number of hydrogen-bond acceptors (Lipinski definition) is 3. The summed E-state index contributed by atoms with van der Waals surface area (Å²) in [6, 6.07) is 4.86. The molecule has 0 spiro atoms. The van der Waals surface area contributed by atoms with E-state index in [1.807, 2.05) is 0 Å². The summed E-state index contributed by atoms with van der Waals surface area (Å²) >= 11 is 0. The van der Waals surface area contributed by atoms with E-state index in [1.165, 1.54) is 17.0 Å². The molecule has 4 nitrogen and oxygen atoms in total. The van der Waals surface area contributed by atoms with Crippen molar-refractivity contribution in [1.82, 2.24) is 0 Å². The van der Waals surface area contributed by atoms with Crippen LogP contribution in [0.5, 0.6) is 5.75 Å². The third-order valence-electron chi connectivity index (χ3n) is 3.46. The number of alkyl halides is 3. The van der Waals surface area contributed by atoms with Crippen LogP contribution in [-0.4, -0.2) is 52.7 Å². The van der Waals surface area contributed by atoms with Crippen molar-refractivity contribution in [2.45, 2.75) is 6.18 Å². The third kappa shape index (κ3) is 5.82. The average molecular weight is 320 g/mol. The van der Waals surface area contributed by atoms with Crippen LogP contribution in [0.1, 0.15) is 5.56 Å². The van der Waals surface area contributed by atoms with Crippen molar-refractivity contribution in [2.24, 2.45) is 0 Å². The van der Waals surface area contributed by atoms with E-state index in [1.54, 1.807) is 0 Å². The summed E-state index contributed by atoms with van der Waals surface area (Å²) in [5.41, 5.74) is -0.707. The van der Waals surface area contributed by atoms with Gasteiger partial charge in [0.25, 0.3) is 0 Å². The molecule has 1 saturated heterocycles. The largest absolute Gasteiger partial charge is 0.491 e. The maximum atomic E-state index is 12.5. The molecule has 1 aliphatic heterocycles. The van der Waals surface area contributed by atoms with Crippen LogP contribution < -0.4 is 9.64 Å². The summed E-state index contributed by atoms with van der Waals surface area (Å²) in [6.07, 6.45) is -4.35. The Morgan fingerprint density at radius 2 is 1.86 bits per heavy atom. The molecule has 1 heterocycles. The first-order chi connectivity index (χ1) is 10.6. The monoisotopic (exact) mass is 320 g/mol. The highest BCUT2D eigenvalue weighted by Gasteiger charge is 2.30. The molecule has 2 rings (SSSR count). The summed E-state index contributed by atoms with van der Waals surface area (Å²) in [5.74, 6) is 0.206. The fraction of sp³-hybridized carbons (Fsp3) is 0.600. The Morgan fingerprint density at radius 3 is 2.59 bits per heavy atom. The van der Waals surface area contributed by atoms with Gasteiger partial charge in [0.1, 0.15) is 32.0 Å². The molecule has 1 aromatic rings. The van der Waals surface area contributed by atoms with Gasteiger partial charge in [-0.3, -0.25) is 0 Å². The van der Waals surface area contributed by atoms with Crippen molar-refractivity contribution in [3.05, 3.63) is 29.8 Å². The standard InChI is InChI=1S/C15H20F3NO3/c16-15(17,18)13-2-1-3-14(12-13)22-11-10-21-9-6-19-4-7-20-8-5-19/h1-3,12H,4-11H2/p+1. The highest BCUT2D eigenvalue weighted by molar-refractivity contribution is 5.30. The first-order valence-corrected chi connectivity index (χ1v) is 7.35. The third-order valence-corrected chi connectivity index (χ3v) is 3.46. The van der Waals surface area contributed by atoms with E-state index < -0.39 is 11.7 Å². The molecule has 0 bridgehead atoms.